The quantitative estimate of drug-likeness (QED) is 0.675. The number of H-pyrrole nitrogens is 1. The van der Waals surface area contributed by atoms with Gasteiger partial charge in [-0.05, 0) is 6.07 Å². The molecule has 3 aromatic rings. The molecule has 0 unspecified atom stereocenters. The minimum absolute atomic E-state index is 0.0857. The molecule has 1 aliphatic heterocycles. The van der Waals surface area contributed by atoms with Gasteiger partial charge in [-0.15, -0.1) is 0 Å². The van der Waals surface area contributed by atoms with Crippen molar-refractivity contribution in [2.24, 2.45) is 0 Å². The number of carboxylic acid groups (broad SMARTS) is 1. The van der Waals surface area contributed by atoms with Crippen LogP contribution in [0.15, 0.2) is 36.4 Å². The van der Waals surface area contributed by atoms with Crippen LogP contribution in [-0.2, 0) is 0 Å². The van der Waals surface area contributed by atoms with Gasteiger partial charge in [-0.2, -0.15) is 5.10 Å². The van der Waals surface area contributed by atoms with Gasteiger partial charge in [0.1, 0.15) is 13.2 Å². The summed E-state index contributed by atoms with van der Waals surface area (Å²) >= 11 is 0. The third kappa shape index (κ3) is 2.63. The summed E-state index contributed by atoms with van der Waals surface area (Å²) in [6.45, 7) is 0.702. The number of nitrogens with one attached hydrogen (secondary N) is 2. The van der Waals surface area contributed by atoms with E-state index in [1.807, 2.05) is 6.07 Å². The molecule has 4 rings (SSSR count). The third-order valence-electron chi connectivity index (χ3n) is 3.85. The fourth-order valence-electron chi connectivity index (χ4n) is 2.69. The summed E-state index contributed by atoms with van der Waals surface area (Å²) in [5.74, 6) is -0.971. The summed E-state index contributed by atoms with van der Waals surface area (Å²) in [6, 6.07) is 9.97. The normalized spacial score (nSPS) is 12.8. The van der Waals surface area contributed by atoms with Gasteiger partial charge in [-0.25, -0.2) is 4.79 Å². The molecule has 2 heterocycles. The first-order chi connectivity index (χ1) is 12.1. The molecule has 0 saturated heterocycles. The van der Waals surface area contributed by atoms with E-state index in [1.165, 1.54) is 12.1 Å². The van der Waals surface area contributed by atoms with Crippen LogP contribution in [0.4, 0.5) is 5.69 Å². The van der Waals surface area contributed by atoms with Gasteiger partial charge in [0.15, 0.2) is 17.2 Å². The van der Waals surface area contributed by atoms with Crippen molar-refractivity contribution in [3.05, 3.63) is 47.7 Å². The Morgan fingerprint density at radius 2 is 1.84 bits per heavy atom. The van der Waals surface area contributed by atoms with Gasteiger partial charge in [0.05, 0.1) is 16.8 Å². The number of rotatable bonds is 3. The molecule has 0 radical (unpaired) electrons. The molecule has 1 amide bonds. The van der Waals surface area contributed by atoms with E-state index in [0.717, 1.165) is 0 Å². The number of fused-ring (bicyclic) bond motifs is 2. The second kappa shape index (κ2) is 5.82. The lowest BCUT2D eigenvalue weighted by molar-refractivity contribution is 0.0697. The maximum atomic E-state index is 12.6. The van der Waals surface area contributed by atoms with Crippen LogP contribution >= 0.6 is 0 Å². The number of benzene rings is 2. The first kappa shape index (κ1) is 15.0. The molecule has 0 fully saturated rings. The van der Waals surface area contributed by atoms with E-state index in [4.69, 9.17) is 9.47 Å². The number of hydrogen-bond acceptors (Lipinski definition) is 5. The van der Waals surface area contributed by atoms with Gasteiger partial charge in [-0.1, -0.05) is 18.2 Å². The van der Waals surface area contributed by atoms with Crippen LogP contribution in [0, 0.1) is 0 Å². The number of anilines is 1. The third-order valence-corrected chi connectivity index (χ3v) is 3.85. The highest BCUT2D eigenvalue weighted by atomic mass is 16.6. The van der Waals surface area contributed by atoms with E-state index in [1.54, 1.807) is 18.2 Å². The lowest BCUT2D eigenvalue weighted by atomic mass is 10.1. The number of amides is 1. The van der Waals surface area contributed by atoms with Crippen molar-refractivity contribution >= 4 is 28.5 Å². The van der Waals surface area contributed by atoms with Crippen molar-refractivity contribution in [3.8, 4) is 11.5 Å². The van der Waals surface area contributed by atoms with Crippen LogP contribution in [0.1, 0.15) is 20.8 Å². The number of aromatic nitrogens is 2. The summed E-state index contributed by atoms with van der Waals surface area (Å²) < 4.78 is 10.8. The predicted molar refractivity (Wildman–Crippen MR) is 88.4 cm³/mol. The second-order valence-corrected chi connectivity index (χ2v) is 5.42. The first-order valence-corrected chi connectivity index (χ1v) is 7.55. The largest absolute Gasteiger partial charge is 0.486 e. The number of carboxylic acids is 1. The van der Waals surface area contributed by atoms with Crippen molar-refractivity contribution in [1.29, 1.82) is 0 Å². The maximum absolute atomic E-state index is 12.6. The number of carbonyl (C=O) groups is 2. The minimum Gasteiger partial charge on any atom is -0.486 e. The molecule has 2 aromatic carbocycles. The molecule has 0 aliphatic carbocycles. The Bertz CT molecular complexity index is 995. The Balaban J connectivity index is 1.72. The summed E-state index contributed by atoms with van der Waals surface area (Å²) in [4.78, 5) is 24.1. The topological polar surface area (TPSA) is 114 Å². The van der Waals surface area contributed by atoms with Crippen molar-refractivity contribution in [1.82, 2.24) is 10.2 Å². The van der Waals surface area contributed by atoms with E-state index in [-0.39, 0.29) is 16.9 Å². The highest BCUT2D eigenvalue weighted by Crippen LogP contribution is 2.36. The zero-order valence-electron chi connectivity index (χ0n) is 12.9. The maximum Gasteiger partial charge on any atom is 0.337 e. The molecule has 0 spiro atoms. The highest BCUT2D eigenvalue weighted by molar-refractivity contribution is 6.13. The van der Waals surface area contributed by atoms with Crippen LogP contribution < -0.4 is 14.8 Å². The highest BCUT2D eigenvalue weighted by Gasteiger charge is 2.22. The van der Waals surface area contributed by atoms with E-state index in [0.29, 0.717) is 35.6 Å². The smallest absolute Gasteiger partial charge is 0.337 e. The van der Waals surface area contributed by atoms with Gasteiger partial charge in [0, 0.05) is 17.5 Å². The number of nitrogens with zero attached hydrogens (tertiary/aromatic N) is 1. The van der Waals surface area contributed by atoms with Crippen molar-refractivity contribution < 1.29 is 24.2 Å². The van der Waals surface area contributed by atoms with Crippen molar-refractivity contribution in [2.75, 3.05) is 18.5 Å². The molecule has 8 nitrogen and oxygen atoms in total. The Kier molecular flexibility index (Phi) is 3.50. The van der Waals surface area contributed by atoms with Crippen LogP contribution in [-0.4, -0.2) is 40.4 Å². The van der Waals surface area contributed by atoms with E-state index in [2.05, 4.69) is 15.5 Å². The molecule has 3 N–H and O–H groups in total. The van der Waals surface area contributed by atoms with Gasteiger partial charge >= 0.3 is 5.97 Å². The Morgan fingerprint density at radius 3 is 2.60 bits per heavy atom. The van der Waals surface area contributed by atoms with Crippen LogP contribution in [0.25, 0.3) is 10.9 Å². The number of aromatic carboxylic acids is 1. The Labute approximate surface area is 141 Å². The van der Waals surface area contributed by atoms with E-state index in [9.17, 15) is 14.7 Å². The van der Waals surface area contributed by atoms with Crippen LogP contribution in [0.2, 0.25) is 0 Å². The zero-order valence-corrected chi connectivity index (χ0v) is 12.9. The second-order valence-electron chi connectivity index (χ2n) is 5.42. The number of aromatic amines is 1. The number of ether oxygens (including phenoxy) is 2. The van der Waals surface area contributed by atoms with Gasteiger partial charge in [0.25, 0.3) is 5.91 Å². The molecule has 1 aliphatic rings. The number of para-hydroxylation sites is 1. The fourth-order valence-corrected chi connectivity index (χ4v) is 2.69. The predicted octanol–water partition coefficient (Wildman–Crippen LogP) is 2.28. The van der Waals surface area contributed by atoms with E-state index >= 15 is 0 Å². The minimum atomic E-state index is -1.18. The summed E-state index contributed by atoms with van der Waals surface area (Å²) in [6.07, 6.45) is 0. The standard InChI is InChI=1S/C17H13N3O5/c21-16(15-9-3-1-2-4-11(9)19-20-15)18-12-8-14-13(24-5-6-25-14)7-10(12)17(22)23/h1-4,7-8H,5-6H2,(H,18,21)(H,19,20)(H,22,23). The molecular formula is C17H13N3O5. The Hall–Kier alpha value is -3.55. The molecule has 126 valence electrons. The van der Waals surface area contributed by atoms with Gasteiger partial charge in [0.2, 0.25) is 0 Å². The molecule has 25 heavy (non-hydrogen) atoms. The monoisotopic (exact) mass is 339 g/mol. The lowest BCUT2D eigenvalue weighted by Gasteiger charge is -2.20. The van der Waals surface area contributed by atoms with Crippen molar-refractivity contribution in [2.45, 2.75) is 0 Å². The average molecular weight is 339 g/mol. The SMILES string of the molecule is O=C(O)c1cc2c(cc1NC(=O)c1n[nH]c3ccccc13)OCCO2. The number of carbonyl (C=O) groups excluding carboxylic acids is 1. The fraction of sp³-hybridized carbons (Fsp3) is 0.118. The average Bonchev–Trinajstić information content (AvgIpc) is 3.05. The van der Waals surface area contributed by atoms with Crippen molar-refractivity contribution in [3.63, 3.8) is 0 Å². The molecule has 0 bridgehead atoms. The van der Waals surface area contributed by atoms with Crippen LogP contribution in [0.3, 0.4) is 0 Å². The molecule has 1 aromatic heterocycles. The van der Waals surface area contributed by atoms with Gasteiger partial charge < -0.3 is 19.9 Å². The number of hydrogen-bond donors (Lipinski definition) is 3. The molecular weight excluding hydrogens is 326 g/mol. The van der Waals surface area contributed by atoms with Gasteiger partial charge in [-0.3, -0.25) is 9.89 Å². The summed E-state index contributed by atoms with van der Waals surface area (Å²) in [5.41, 5.74) is 0.932. The van der Waals surface area contributed by atoms with E-state index < -0.39 is 11.9 Å². The summed E-state index contributed by atoms with van der Waals surface area (Å²) in [5, 5.41) is 19.4. The zero-order chi connectivity index (χ0) is 17.4. The first-order valence-electron chi connectivity index (χ1n) is 7.55. The van der Waals surface area contributed by atoms with Crippen LogP contribution in [0.5, 0.6) is 11.5 Å². The summed E-state index contributed by atoms with van der Waals surface area (Å²) in [7, 11) is 0. The molecule has 8 heteroatoms. The lowest BCUT2D eigenvalue weighted by Crippen LogP contribution is -2.19. The Morgan fingerprint density at radius 1 is 1.12 bits per heavy atom. The molecule has 0 atom stereocenters. The molecule has 0 saturated carbocycles.